The van der Waals surface area contributed by atoms with Crippen LogP contribution >= 0.6 is 11.6 Å². The number of hydrogen-bond donors (Lipinski definition) is 0. The van der Waals surface area contributed by atoms with Crippen molar-refractivity contribution < 1.29 is 9.53 Å². The highest BCUT2D eigenvalue weighted by atomic mass is 35.5. The second-order valence-corrected chi connectivity index (χ2v) is 6.78. The van der Waals surface area contributed by atoms with Crippen molar-refractivity contribution >= 4 is 23.6 Å². The molecule has 0 saturated carbocycles. The fourth-order valence-electron chi connectivity index (χ4n) is 2.77. The number of nitriles is 2. The molecule has 2 aromatic carbocycles. The molecular weight excluding hydrogens is 400 g/mol. The molecule has 0 aliphatic carbocycles. The zero-order valence-corrected chi connectivity index (χ0v) is 16.7. The first kappa shape index (κ1) is 20.9. The van der Waals surface area contributed by atoms with Gasteiger partial charge >= 0.3 is 5.97 Å². The topological polar surface area (TPSA) is 91.7 Å². The maximum atomic E-state index is 12.4. The maximum Gasteiger partial charge on any atom is 0.349 e. The lowest BCUT2D eigenvalue weighted by Crippen LogP contribution is -2.06. The fourth-order valence-corrected chi connectivity index (χ4v) is 2.97. The summed E-state index contributed by atoms with van der Waals surface area (Å²) in [5, 5.41) is 23.4. The third-order valence-corrected chi connectivity index (χ3v) is 4.43. The Morgan fingerprint density at radius 1 is 1.17 bits per heavy atom. The normalized spacial score (nSPS) is 10.8. The average molecular weight is 417 g/mol. The second-order valence-electron chi connectivity index (χ2n) is 6.35. The monoisotopic (exact) mass is 416 g/mol. The van der Waals surface area contributed by atoms with Crippen LogP contribution < -0.4 is 0 Å². The first-order valence-electron chi connectivity index (χ1n) is 9.14. The van der Waals surface area contributed by atoms with E-state index < -0.39 is 5.97 Å². The highest BCUT2D eigenvalue weighted by Crippen LogP contribution is 2.27. The van der Waals surface area contributed by atoms with E-state index in [0.717, 1.165) is 11.1 Å². The minimum Gasteiger partial charge on any atom is -0.457 e. The Morgan fingerprint density at radius 3 is 2.67 bits per heavy atom. The molecule has 7 heteroatoms. The molecule has 0 saturated heterocycles. The lowest BCUT2D eigenvalue weighted by Gasteiger charge is -2.04. The van der Waals surface area contributed by atoms with Gasteiger partial charge in [-0.3, -0.25) is 4.68 Å². The van der Waals surface area contributed by atoms with E-state index in [-0.39, 0.29) is 18.6 Å². The van der Waals surface area contributed by atoms with Crippen molar-refractivity contribution in [2.24, 2.45) is 0 Å². The number of nitrogens with zero attached hydrogens (tertiary/aromatic N) is 4. The number of benzene rings is 2. The minimum atomic E-state index is -0.719. The van der Waals surface area contributed by atoms with Gasteiger partial charge < -0.3 is 4.74 Å². The van der Waals surface area contributed by atoms with E-state index >= 15 is 0 Å². The molecule has 0 amide bonds. The van der Waals surface area contributed by atoms with Crippen LogP contribution in [0.4, 0.5) is 0 Å². The molecule has 30 heavy (non-hydrogen) atoms. The second kappa shape index (κ2) is 10.1. The molecule has 0 spiro atoms. The van der Waals surface area contributed by atoms with E-state index in [4.69, 9.17) is 21.6 Å². The highest BCUT2D eigenvalue weighted by Gasteiger charge is 2.16. The van der Waals surface area contributed by atoms with E-state index in [9.17, 15) is 10.1 Å². The van der Waals surface area contributed by atoms with Gasteiger partial charge in [0, 0.05) is 22.3 Å². The minimum absolute atomic E-state index is 0.0707. The van der Waals surface area contributed by atoms with Gasteiger partial charge in [0.1, 0.15) is 18.2 Å². The number of ether oxygens (including phenoxy) is 1. The zero-order chi connectivity index (χ0) is 21.3. The summed E-state index contributed by atoms with van der Waals surface area (Å²) in [7, 11) is 0. The maximum absolute atomic E-state index is 12.4. The van der Waals surface area contributed by atoms with Gasteiger partial charge in [0.15, 0.2) is 0 Å². The third-order valence-electron chi connectivity index (χ3n) is 4.19. The van der Waals surface area contributed by atoms with Gasteiger partial charge in [-0.1, -0.05) is 54.1 Å². The summed E-state index contributed by atoms with van der Waals surface area (Å²) in [5.41, 5.74) is 2.53. The van der Waals surface area contributed by atoms with Gasteiger partial charge in [0.2, 0.25) is 0 Å². The predicted octanol–water partition coefficient (Wildman–Crippen LogP) is 4.77. The van der Waals surface area contributed by atoms with E-state index in [1.54, 1.807) is 29.1 Å². The van der Waals surface area contributed by atoms with E-state index in [2.05, 4.69) is 11.2 Å². The smallest absolute Gasteiger partial charge is 0.349 e. The number of rotatable bonds is 7. The van der Waals surface area contributed by atoms with Crippen LogP contribution in [-0.2, 0) is 22.7 Å². The molecule has 0 fully saturated rings. The molecule has 3 aromatic rings. The zero-order valence-electron chi connectivity index (χ0n) is 16.0. The van der Waals surface area contributed by atoms with Crippen molar-refractivity contribution in [2.75, 3.05) is 0 Å². The van der Waals surface area contributed by atoms with Crippen LogP contribution in [0.15, 0.2) is 66.4 Å². The number of esters is 1. The van der Waals surface area contributed by atoms with Gasteiger partial charge in [-0.2, -0.15) is 15.6 Å². The van der Waals surface area contributed by atoms with Gasteiger partial charge in [-0.15, -0.1) is 0 Å². The van der Waals surface area contributed by atoms with Crippen LogP contribution in [0.1, 0.15) is 17.5 Å². The van der Waals surface area contributed by atoms with Crippen molar-refractivity contribution in [3.8, 4) is 23.4 Å². The van der Waals surface area contributed by atoms with Gasteiger partial charge in [0.25, 0.3) is 0 Å². The number of carbonyl (C=O) groups excluding carboxylic acids is 1. The van der Waals surface area contributed by atoms with Crippen molar-refractivity contribution in [2.45, 2.75) is 19.6 Å². The molecule has 0 radical (unpaired) electrons. The fraction of sp³-hybridized carbons (Fsp3) is 0.130. The molecule has 0 bridgehead atoms. The lowest BCUT2D eigenvalue weighted by molar-refractivity contribution is -0.139. The highest BCUT2D eigenvalue weighted by molar-refractivity contribution is 6.30. The number of halogens is 1. The van der Waals surface area contributed by atoms with Crippen molar-refractivity contribution in [1.29, 1.82) is 10.5 Å². The molecule has 0 aliphatic rings. The molecular formula is C23H17ClN4O2. The molecule has 0 N–H and O–H groups in total. The van der Waals surface area contributed by atoms with Gasteiger partial charge in [-0.05, 0) is 23.8 Å². The first-order chi connectivity index (χ1) is 14.6. The lowest BCUT2D eigenvalue weighted by atomic mass is 10.1. The van der Waals surface area contributed by atoms with Crippen molar-refractivity contribution in [3.05, 3.63) is 82.5 Å². The van der Waals surface area contributed by atoms with Crippen molar-refractivity contribution in [1.82, 2.24) is 9.78 Å². The Kier molecular flexibility index (Phi) is 7.00. The van der Waals surface area contributed by atoms with E-state index in [1.807, 2.05) is 42.5 Å². The summed E-state index contributed by atoms with van der Waals surface area (Å²) < 4.78 is 6.88. The van der Waals surface area contributed by atoms with Crippen molar-refractivity contribution in [3.63, 3.8) is 0 Å². The number of carbonyl (C=O) groups is 1. The summed E-state index contributed by atoms with van der Waals surface area (Å²) in [4.78, 5) is 12.4. The van der Waals surface area contributed by atoms with Crippen LogP contribution in [-0.4, -0.2) is 15.7 Å². The van der Waals surface area contributed by atoms with E-state index in [1.165, 1.54) is 6.08 Å². The molecule has 3 rings (SSSR count). The SMILES string of the molecule is N#CCCn1cc(/C=C(\C#N)C(=O)OCc2ccccc2)c(-c2cccc(Cl)c2)n1. The summed E-state index contributed by atoms with van der Waals surface area (Å²) in [5.74, 6) is -0.719. The summed E-state index contributed by atoms with van der Waals surface area (Å²) >= 11 is 6.10. The van der Waals surface area contributed by atoms with Crippen LogP contribution in [0.5, 0.6) is 0 Å². The Morgan fingerprint density at radius 2 is 1.97 bits per heavy atom. The summed E-state index contributed by atoms with van der Waals surface area (Å²) in [6.07, 6.45) is 3.42. The number of aryl methyl sites for hydroxylation is 1. The van der Waals surface area contributed by atoms with Gasteiger partial charge in [0.05, 0.1) is 24.7 Å². The molecule has 1 heterocycles. The Labute approximate surface area is 179 Å². The average Bonchev–Trinajstić information content (AvgIpc) is 3.17. The quantitative estimate of drug-likeness (QED) is 0.314. The van der Waals surface area contributed by atoms with Crippen LogP contribution in [0.25, 0.3) is 17.3 Å². The largest absolute Gasteiger partial charge is 0.457 e. The van der Waals surface area contributed by atoms with Crippen LogP contribution in [0.3, 0.4) is 0 Å². The van der Waals surface area contributed by atoms with Crippen LogP contribution in [0, 0.1) is 22.7 Å². The predicted molar refractivity (Wildman–Crippen MR) is 113 cm³/mol. The molecule has 0 unspecified atom stereocenters. The Hall–Kier alpha value is -3.87. The number of aromatic nitrogens is 2. The third kappa shape index (κ3) is 5.35. The summed E-state index contributed by atoms with van der Waals surface area (Å²) in [6, 6.07) is 20.3. The standard InChI is InChI=1S/C23H17ClN4O2/c24-21-9-4-8-18(13-21)22-20(15-28(27-22)11-5-10-25)12-19(14-26)23(29)30-16-17-6-2-1-3-7-17/h1-4,6-9,12-13,15H,5,11,16H2/b19-12+. The molecule has 6 nitrogen and oxygen atoms in total. The Balaban J connectivity index is 1.90. The molecule has 148 valence electrons. The summed E-state index contributed by atoms with van der Waals surface area (Å²) in [6.45, 7) is 0.458. The Bertz CT molecular complexity index is 1150. The molecule has 0 aliphatic heterocycles. The molecule has 0 atom stereocenters. The van der Waals surface area contributed by atoms with E-state index in [0.29, 0.717) is 22.8 Å². The van der Waals surface area contributed by atoms with Crippen LogP contribution in [0.2, 0.25) is 5.02 Å². The van der Waals surface area contributed by atoms with Gasteiger partial charge in [-0.25, -0.2) is 4.79 Å². The molecule has 1 aromatic heterocycles. The first-order valence-corrected chi connectivity index (χ1v) is 9.51. The number of hydrogen-bond acceptors (Lipinski definition) is 5.